The van der Waals surface area contributed by atoms with Gasteiger partial charge in [-0.2, -0.15) is 0 Å². The Morgan fingerprint density at radius 2 is 0.967 bits per heavy atom. The molecule has 0 amide bonds. The van der Waals surface area contributed by atoms with E-state index in [0.717, 1.165) is 0 Å². The summed E-state index contributed by atoms with van der Waals surface area (Å²) < 4.78 is 55.2. The molecule has 0 atom stereocenters. The summed E-state index contributed by atoms with van der Waals surface area (Å²) in [5.74, 6) is 0. The molecule has 0 saturated heterocycles. The highest BCUT2D eigenvalue weighted by atomic mass is 35.5. The number of hydrogen-bond acceptors (Lipinski definition) is 4. The first kappa shape index (κ1) is 23.0. The van der Waals surface area contributed by atoms with Crippen LogP contribution in [0.3, 0.4) is 0 Å². The molecule has 0 bridgehead atoms. The van der Waals surface area contributed by atoms with E-state index in [1.807, 2.05) is 0 Å². The second-order valence-corrected chi connectivity index (χ2v) is 10.9. The fourth-order valence-electron chi connectivity index (χ4n) is 2.45. The Kier molecular flexibility index (Phi) is 6.76. The molecule has 0 aliphatic carbocycles. The van der Waals surface area contributed by atoms with Gasteiger partial charge in [0, 0.05) is 10.0 Å². The van der Waals surface area contributed by atoms with Crippen LogP contribution in [0, 0.1) is 0 Å². The average Bonchev–Trinajstić information content (AvgIpc) is 2.60. The molecule has 0 aliphatic rings. The van der Waals surface area contributed by atoms with Crippen molar-refractivity contribution in [1.82, 2.24) is 0 Å². The number of halogens is 4. The van der Waals surface area contributed by atoms with E-state index in [2.05, 4.69) is 9.44 Å². The van der Waals surface area contributed by atoms with Crippen LogP contribution in [0.2, 0.25) is 20.1 Å². The zero-order valence-corrected chi connectivity index (χ0v) is 19.4. The van der Waals surface area contributed by atoms with Crippen molar-refractivity contribution in [2.45, 2.75) is 9.79 Å². The third-order valence-electron chi connectivity index (χ3n) is 3.73. The number of rotatable bonds is 6. The minimum Gasteiger partial charge on any atom is -0.280 e. The van der Waals surface area contributed by atoms with E-state index in [0.29, 0.717) is 0 Å². The van der Waals surface area contributed by atoms with Gasteiger partial charge in [0.15, 0.2) is 0 Å². The van der Waals surface area contributed by atoms with Gasteiger partial charge in [-0.3, -0.25) is 9.44 Å². The fourth-order valence-corrected chi connectivity index (χ4v) is 6.10. The van der Waals surface area contributed by atoms with E-state index >= 15 is 0 Å². The van der Waals surface area contributed by atoms with Crippen LogP contribution < -0.4 is 9.44 Å². The predicted octanol–water partition coefficient (Wildman–Crippen LogP) is 5.90. The van der Waals surface area contributed by atoms with Gasteiger partial charge in [0.1, 0.15) is 9.79 Å². The van der Waals surface area contributed by atoms with Crippen molar-refractivity contribution in [3.05, 3.63) is 80.8 Å². The maximum absolute atomic E-state index is 12.6. The molecule has 0 aliphatic heterocycles. The molecule has 158 valence electrons. The van der Waals surface area contributed by atoms with Gasteiger partial charge in [-0.25, -0.2) is 16.8 Å². The first-order valence-corrected chi connectivity index (χ1v) is 12.5. The molecule has 2 N–H and O–H groups in total. The van der Waals surface area contributed by atoms with Crippen LogP contribution in [-0.2, 0) is 20.0 Å². The normalized spacial score (nSPS) is 11.9. The highest BCUT2D eigenvalue weighted by molar-refractivity contribution is 7.93. The van der Waals surface area contributed by atoms with Crippen LogP contribution in [0.4, 0.5) is 11.4 Å². The van der Waals surface area contributed by atoms with E-state index in [1.54, 1.807) is 0 Å². The van der Waals surface area contributed by atoms with Gasteiger partial charge in [-0.15, -0.1) is 0 Å². The summed E-state index contributed by atoms with van der Waals surface area (Å²) in [4.78, 5) is -0.347. The lowest BCUT2D eigenvalue weighted by Gasteiger charge is -2.13. The van der Waals surface area contributed by atoms with E-state index in [-0.39, 0.29) is 41.3 Å². The topological polar surface area (TPSA) is 92.3 Å². The Labute approximate surface area is 193 Å². The van der Waals surface area contributed by atoms with Crippen molar-refractivity contribution in [2.75, 3.05) is 9.44 Å². The number of sulfonamides is 2. The Bertz CT molecular complexity index is 1230. The first-order valence-electron chi connectivity index (χ1n) is 8.04. The van der Waals surface area contributed by atoms with E-state index in [4.69, 9.17) is 46.4 Å². The molecule has 0 fully saturated rings. The lowest BCUT2D eigenvalue weighted by Crippen LogP contribution is -2.15. The summed E-state index contributed by atoms with van der Waals surface area (Å²) >= 11 is 23.5. The van der Waals surface area contributed by atoms with Gasteiger partial charge < -0.3 is 0 Å². The van der Waals surface area contributed by atoms with Crippen molar-refractivity contribution in [2.24, 2.45) is 0 Å². The first-order chi connectivity index (χ1) is 14.0. The van der Waals surface area contributed by atoms with Gasteiger partial charge >= 0.3 is 0 Å². The van der Waals surface area contributed by atoms with Crippen molar-refractivity contribution in [1.29, 1.82) is 0 Å². The maximum atomic E-state index is 12.6. The van der Waals surface area contributed by atoms with Crippen LogP contribution >= 0.6 is 46.4 Å². The smallest absolute Gasteiger partial charge is 0.263 e. The quantitative estimate of drug-likeness (QED) is 0.419. The van der Waals surface area contributed by atoms with E-state index in [9.17, 15) is 16.8 Å². The molecule has 3 rings (SSSR count). The predicted molar refractivity (Wildman–Crippen MR) is 121 cm³/mol. The number of nitrogens with one attached hydrogen (secondary N) is 2. The molecule has 0 unspecified atom stereocenters. The average molecular weight is 526 g/mol. The van der Waals surface area contributed by atoms with Crippen molar-refractivity contribution < 1.29 is 16.8 Å². The van der Waals surface area contributed by atoms with Crippen molar-refractivity contribution >= 4 is 77.8 Å². The van der Waals surface area contributed by atoms with Crippen LogP contribution in [0.1, 0.15) is 0 Å². The minimum absolute atomic E-state index is 0.0516. The Balaban J connectivity index is 1.87. The summed E-state index contributed by atoms with van der Waals surface area (Å²) in [5, 5.41) is 0.473. The molecule has 0 saturated carbocycles. The van der Waals surface area contributed by atoms with Gasteiger partial charge in [-0.05, 0) is 54.6 Å². The zero-order valence-electron chi connectivity index (χ0n) is 14.7. The third kappa shape index (κ3) is 5.32. The van der Waals surface area contributed by atoms with E-state index in [1.165, 1.54) is 60.7 Å². The molecular formula is C18H12Cl4N2O4S2. The summed E-state index contributed by atoms with van der Waals surface area (Å²) in [7, 11) is -8.08. The number of hydrogen-bond donors (Lipinski definition) is 2. The second-order valence-electron chi connectivity index (χ2n) is 5.94. The molecule has 6 nitrogen and oxygen atoms in total. The molecule has 0 radical (unpaired) electrons. The fraction of sp³-hybridized carbons (Fsp3) is 0. The summed E-state index contributed by atoms with van der Waals surface area (Å²) in [5.41, 5.74) is 0.229. The van der Waals surface area contributed by atoms with Gasteiger partial charge in [0.2, 0.25) is 0 Å². The highest BCUT2D eigenvalue weighted by Gasteiger charge is 2.20. The van der Waals surface area contributed by atoms with Gasteiger partial charge in [-0.1, -0.05) is 52.5 Å². The molecule has 3 aromatic rings. The second kappa shape index (κ2) is 8.82. The molecule has 0 spiro atoms. The van der Waals surface area contributed by atoms with Crippen LogP contribution in [0.15, 0.2) is 70.5 Å². The van der Waals surface area contributed by atoms with Crippen molar-refractivity contribution in [3.8, 4) is 0 Å². The number of benzene rings is 3. The van der Waals surface area contributed by atoms with Crippen molar-refractivity contribution in [3.63, 3.8) is 0 Å². The molecule has 0 aromatic heterocycles. The lowest BCUT2D eigenvalue weighted by atomic mass is 10.3. The third-order valence-corrected chi connectivity index (χ3v) is 7.93. The minimum atomic E-state index is -4.04. The molecule has 30 heavy (non-hydrogen) atoms. The highest BCUT2D eigenvalue weighted by Crippen LogP contribution is 2.29. The largest absolute Gasteiger partial charge is 0.280 e. The maximum Gasteiger partial charge on any atom is 0.263 e. The number of anilines is 2. The van der Waals surface area contributed by atoms with Gasteiger partial charge in [0.25, 0.3) is 20.0 Å². The summed E-state index contributed by atoms with van der Waals surface area (Å²) in [6.07, 6.45) is 0. The summed E-state index contributed by atoms with van der Waals surface area (Å²) in [6, 6.07) is 13.6. The molecule has 12 heteroatoms. The molecule has 0 heterocycles. The van der Waals surface area contributed by atoms with Crippen LogP contribution in [0.25, 0.3) is 0 Å². The molecule has 3 aromatic carbocycles. The lowest BCUT2D eigenvalue weighted by molar-refractivity contribution is 0.599. The zero-order chi connectivity index (χ0) is 22.1. The van der Waals surface area contributed by atoms with Gasteiger partial charge in [0.05, 0.1) is 21.4 Å². The SMILES string of the molecule is O=S(=O)(Nc1cccc(NS(=O)(=O)c2ccc(Cl)cc2Cl)c1)c1ccc(Cl)cc1Cl. The summed E-state index contributed by atoms with van der Waals surface area (Å²) in [6.45, 7) is 0. The standard InChI is InChI=1S/C18H12Cl4N2O4S2/c19-11-4-6-17(15(21)8-11)29(25,26)23-13-2-1-3-14(10-13)24-30(27,28)18-7-5-12(20)9-16(18)22/h1-10,23-24H. The van der Waals surface area contributed by atoms with E-state index < -0.39 is 20.0 Å². The van der Waals surface area contributed by atoms with Crippen LogP contribution in [-0.4, -0.2) is 16.8 Å². The Morgan fingerprint density at radius 3 is 1.33 bits per heavy atom. The van der Waals surface area contributed by atoms with Crippen LogP contribution in [0.5, 0.6) is 0 Å². The Morgan fingerprint density at radius 1 is 0.567 bits per heavy atom. The monoisotopic (exact) mass is 524 g/mol. The Hall–Kier alpha value is -1.68. The molecular weight excluding hydrogens is 514 g/mol.